The summed E-state index contributed by atoms with van der Waals surface area (Å²) in [4.78, 5) is 2.65. The highest BCUT2D eigenvalue weighted by Gasteiger charge is 2.42. The van der Waals surface area contributed by atoms with Gasteiger partial charge in [-0.1, -0.05) is 95.5 Å². The molecule has 1 heterocycles. The average Bonchev–Trinajstić information content (AvgIpc) is 2.84. The first kappa shape index (κ1) is 31.1. The van der Waals surface area contributed by atoms with Crippen LogP contribution in [0.1, 0.15) is 103 Å². The smallest absolute Gasteiger partial charge is 0.175 e. The van der Waals surface area contributed by atoms with E-state index in [1.807, 2.05) is 0 Å². The van der Waals surface area contributed by atoms with Gasteiger partial charge in [-0.2, -0.15) is 0 Å². The van der Waals surface area contributed by atoms with Crippen molar-refractivity contribution >= 4 is 0 Å². The van der Waals surface area contributed by atoms with Crippen molar-refractivity contribution in [2.24, 2.45) is 10.8 Å². The quantitative estimate of drug-likeness (QED) is 0.0852. The van der Waals surface area contributed by atoms with Gasteiger partial charge in [0.1, 0.15) is 12.2 Å². The van der Waals surface area contributed by atoms with E-state index in [1.54, 1.807) is 0 Å². The van der Waals surface area contributed by atoms with E-state index in [4.69, 9.17) is 25.5 Å². The van der Waals surface area contributed by atoms with E-state index < -0.39 is 30.6 Å². The molecule has 2 unspecified atom stereocenters. The minimum Gasteiger partial charge on any atom is -0.388 e. The predicted octanol–water partition coefficient (Wildman–Crippen LogP) is 4.98. The van der Waals surface area contributed by atoms with Crippen LogP contribution < -0.4 is 5.73 Å². The zero-order chi connectivity index (χ0) is 24.9. The van der Waals surface area contributed by atoms with E-state index in [0.717, 1.165) is 13.0 Å². The molecule has 1 rings (SSSR count). The monoisotopic (exact) mass is 486 g/mol. The third-order valence-corrected chi connectivity index (χ3v) is 6.43. The van der Waals surface area contributed by atoms with Crippen LogP contribution in [0.3, 0.4) is 0 Å². The van der Waals surface area contributed by atoms with Gasteiger partial charge >= 0.3 is 0 Å². The number of nitrogens with two attached hydrogens (primary N) is 1. The van der Waals surface area contributed by atoms with E-state index in [9.17, 15) is 10.2 Å². The van der Waals surface area contributed by atoms with Gasteiger partial charge < -0.3 is 30.2 Å². The number of aliphatic hydroxyl groups excluding tert-OH is 2. The van der Waals surface area contributed by atoms with Crippen LogP contribution in [0, 0.1) is 0 Å². The van der Waals surface area contributed by atoms with Crippen molar-refractivity contribution in [1.29, 1.82) is 0 Å². The summed E-state index contributed by atoms with van der Waals surface area (Å²) in [6.45, 7) is 3.90. The van der Waals surface area contributed by atoms with Crippen LogP contribution in [0.5, 0.6) is 0 Å². The van der Waals surface area contributed by atoms with Crippen molar-refractivity contribution in [3.05, 3.63) is 10.4 Å². The highest BCUT2D eigenvalue weighted by molar-refractivity contribution is 4.92. The number of hydrogen-bond acceptors (Lipinski definition) is 7. The van der Waals surface area contributed by atoms with Gasteiger partial charge in [-0.25, -0.2) is 0 Å². The van der Waals surface area contributed by atoms with Crippen LogP contribution in [0.15, 0.2) is 5.11 Å². The molecule has 0 aromatic rings. The van der Waals surface area contributed by atoms with Gasteiger partial charge in [0.15, 0.2) is 6.29 Å². The third kappa shape index (κ3) is 14.5. The Labute approximate surface area is 206 Å². The van der Waals surface area contributed by atoms with Gasteiger partial charge in [0.05, 0.1) is 25.3 Å². The van der Waals surface area contributed by atoms with E-state index in [2.05, 4.69) is 16.9 Å². The second-order valence-corrected chi connectivity index (χ2v) is 9.45. The summed E-state index contributed by atoms with van der Waals surface area (Å²) in [6, 6.07) is -0.867. The number of hydrogen-bond donors (Lipinski definition) is 3. The second kappa shape index (κ2) is 21.4. The number of rotatable bonds is 22. The van der Waals surface area contributed by atoms with Crippen molar-refractivity contribution in [3.63, 3.8) is 0 Å². The standard InChI is InChI=1S/C25H50N4O5/c1-2-3-4-5-6-7-8-9-10-11-12-13-14-15-17-32-18-16-19-33-25-22(26)24(31)23(30)21(34-25)20-28-29-27/h21-25,30-31H,2-20,26H2,1H3/t21?,22?,23-,24-,25-/m1/s1. The zero-order valence-corrected chi connectivity index (χ0v) is 21.4. The molecule has 0 aromatic carbocycles. The maximum atomic E-state index is 10.1. The van der Waals surface area contributed by atoms with Crippen LogP contribution in [0.2, 0.25) is 0 Å². The van der Waals surface area contributed by atoms with Crippen molar-refractivity contribution in [2.75, 3.05) is 26.4 Å². The van der Waals surface area contributed by atoms with Crippen molar-refractivity contribution in [2.45, 2.75) is 134 Å². The second-order valence-electron chi connectivity index (χ2n) is 9.45. The Kier molecular flexibility index (Phi) is 19.5. The lowest BCUT2D eigenvalue weighted by Gasteiger charge is -2.40. The molecule has 0 bridgehead atoms. The molecule has 1 aliphatic rings. The molecule has 34 heavy (non-hydrogen) atoms. The lowest BCUT2D eigenvalue weighted by molar-refractivity contribution is -0.257. The molecule has 1 saturated heterocycles. The molecule has 0 radical (unpaired) electrons. The van der Waals surface area contributed by atoms with Crippen LogP contribution in [0.25, 0.3) is 10.4 Å². The molecule has 9 nitrogen and oxygen atoms in total. The maximum absolute atomic E-state index is 10.1. The fourth-order valence-corrected chi connectivity index (χ4v) is 4.23. The number of nitrogens with zero attached hydrogens (tertiary/aromatic N) is 3. The van der Waals surface area contributed by atoms with Gasteiger partial charge in [0.25, 0.3) is 0 Å². The molecular formula is C25H50N4O5. The number of unbranched alkanes of at least 4 members (excludes halogenated alkanes) is 13. The van der Waals surface area contributed by atoms with Gasteiger partial charge in [0, 0.05) is 18.1 Å². The van der Waals surface area contributed by atoms with E-state index in [1.165, 1.54) is 83.5 Å². The molecule has 0 aromatic heterocycles. The first-order chi connectivity index (χ1) is 16.6. The van der Waals surface area contributed by atoms with Gasteiger partial charge in [-0.05, 0) is 18.4 Å². The Bertz CT molecular complexity index is 522. The lowest BCUT2D eigenvalue weighted by Crippen LogP contribution is -2.62. The summed E-state index contributed by atoms with van der Waals surface area (Å²) in [5.74, 6) is 0. The molecule has 1 aliphatic heterocycles. The minimum absolute atomic E-state index is 0.0936. The van der Waals surface area contributed by atoms with Crippen molar-refractivity contribution < 1.29 is 24.4 Å². The van der Waals surface area contributed by atoms with Gasteiger partial charge in [-0.3, -0.25) is 0 Å². The zero-order valence-electron chi connectivity index (χ0n) is 21.4. The third-order valence-electron chi connectivity index (χ3n) is 6.43. The summed E-state index contributed by atoms with van der Waals surface area (Å²) < 4.78 is 16.9. The van der Waals surface area contributed by atoms with Crippen LogP contribution in [0.4, 0.5) is 0 Å². The molecule has 4 N–H and O–H groups in total. The normalized spacial score (nSPS) is 24.8. The molecule has 0 spiro atoms. The summed E-state index contributed by atoms with van der Waals surface area (Å²) in [7, 11) is 0. The number of ether oxygens (including phenoxy) is 3. The lowest BCUT2D eigenvalue weighted by atomic mass is 9.97. The molecule has 9 heteroatoms. The number of azide groups is 1. The average molecular weight is 487 g/mol. The van der Waals surface area contributed by atoms with Gasteiger partial charge in [0.2, 0.25) is 0 Å². The molecular weight excluding hydrogens is 436 g/mol. The summed E-state index contributed by atoms with van der Waals surface area (Å²) in [6.07, 6.45) is 15.4. The summed E-state index contributed by atoms with van der Waals surface area (Å²) in [5.41, 5.74) is 14.3. The topological polar surface area (TPSA) is 143 Å². The fourth-order valence-electron chi connectivity index (χ4n) is 4.23. The Morgan fingerprint density at radius 1 is 0.794 bits per heavy atom. The Morgan fingerprint density at radius 2 is 1.32 bits per heavy atom. The molecule has 200 valence electrons. The van der Waals surface area contributed by atoms with Gasteiger partial charge in [-0.15, -0.1) is 0 Å². The molecule has 0 aliphatic carbocycles. The highest BCUT2D eigenvalue weighted by atomic mass is 16.7. The maximum Gasteiger partial charge on any atom is 0.175 e. The SMILES string of the molecule is CCCCCCCCCCCCCCCCOCCCO[C@@H]1OC(CN=[N+]=[N-])[C@@H](O)[C@H](O)C1N. The van der Waals surface area contributed by atoms with E-state index >= 15 is 0 Å². The molecule has 0 saturated carbocycles. The summed E-state index contributed by atoms with van der Waals surface area (Å²) in [5, 5.41) is 23.4. The molecule has 5 atom stereocenters. The van der Waals surface area contributed by atoms with Crippen LogP contribution in [-0.2, 0) is 14.2 Å². The minimum atomic E-state index is -1.21. The van der Waals surface area contributed by atoms with Crippen molar-refractivity contribution in [3.8, 4) is 0 Å². The molecule has 1 fully saturated rings. The van der Waals surface area contributed by atoms with Crippen LogP contribution in [-0.4, -0.2) is 67.2 Å². The number of aliphatic hydroxyl groups is 2. The predicted molar refractivity (Wildman–Crippen MR) is 134 cm³/mol. The Morgan fingerprint density at radius 3 is 1.88 bits per heavy atom. The Balaban J connectivity index is 1.89. The Hall–Kier alpha value is -0.930. The fraction of sp³-hybridized carbons (Fsp3) is 1.00. The van der Waals surface area contributed by atoms with Crippen LogP contribution >= 0.6 is 0 Å². The highest BCUT2D eigenvalue weighted by Crippen LogP contribution is 2.21. The first-order valence-corrected chi connectivity index (χ1v) is 13.6. The van der Waals surface area contributed by atoms with Crippen molar-refractivity contribution in [1.82, 2.24) is 0 Å². The first-order valence-electron chi connectivity index (χ1n) is 13.6. The summed E-state index contributed by atoms with van der Waals surface area (Å²) >= 11 is 0. The van der Waals surface area contributed by atoms with E-state index in [0.29, 0.717) is 19.6 Å². The molecule has 0 amide bonds. The van der Waals surface area contributed by atoms with E-state index in [-0.39, 0.29) is 6.54 Å². The largest absolute Gasteiger partial charge is 0.388 e.